The molecule has 4 rings (SSSR count). The Morgan fingerprint density at radius 2 is 2.00 bits per heavy atom. The predicted octanol–water partition coefficient (Wildman–Crippen LogP) is 2.58. The van der Waals surface area contributed by atoms with E-state index >= 15 is 0 Å². The Kier molecular flexibility index (Phi) is 6.30. The first-order chi connectivity index (χ1) is 14.8. The Balaban J connectivity index is 0.00000289. The van der Waals surface area contributed by atoms with Crippen molar-refractivity contribution in [1.82, 2.24) is 35.3 Å². The average molecular weight is 436 g/mol. The number of aryl methyl sites for hydroxylation is 2. The molecule has 0 saturated carbocycles. The molecule has 0 unspecified atom stereocenters. The van der Waals surface area contributed by atoms with Gasteiger partial charge in [-0.1, -0.05) is 7.43 Å². The lowest BCUT2D eigenvalue weighted by atomic mass is 9.87. The highest BCUT2D eigenvalue weighted by atomic mass is 16.1. The Morgan fingerprint density at radius 1 is 1.25 bits per heavy atom. The van der Waals surface area contributed by atoms with Crippen molar-refractivity contribution in [2.24, 2.45) is 0 Å². The number of anilines is 1. The molecule has 0 atom stereocenters. The maximum absolute atomic E-state index is 12.1. The lowest BCUT2D eigenvalue weighted by Gasteiger charge is -2.49. The highest BCUT2D eigenvalue weighted by molar-refractivity contribution is 5.92. The van der Waals surface area contributed by atoms with Crippen LogP contribution in [-0.4, -0.2) is 55.0 Å². The highest BCUT2D eigenvalue weighted by Crippen LogP contribution is 2.36. The van der Waals surface area contributed by atoms with E-state index in [4.69, 9.17) is 5.10 Å². The molecule has 1 fully saturated rings. The largest absolute Gasteiger partial charge is 0.350 e. The van der Waals surface area contributed by atoms with Gasteiger partial charge in [-0.2, -0.15) is 15.5 Å². The van der Waals surface area contributed by atoms with E-state index in [0.29, 0.717) is 25.3 Å². The lowest BCUT2D eigenvalue weighted by Crippen LogP contribution is -2.63. The van der Waals surface area contributed by atoms with Crippen molar-refractivity contribution in [3.05, 3.63) is 41.9 Å². The van der Waals surface area contributed by atoms with Gasteiger partial charge in [-0.3, -0.25) is 14.6 Å². The molecule has 0 bridgehead atoms. The van der Waals surface area contributed by atoms with Gasteiger partial charge in [0.25, 0.3) is 5.91 Å². The maximum Gasteiger partial charge on any atom is 0.271 e. The zero-order chi connectivity index (χ0) is 22.2. The first kappa shape index (κ1) is 22.9. The quantitative estimate of drug-likeness (QED) is 0.609. The summed E-state index contributed by atoms with van der Waals surface area (Å²) in [5, 5.41) is 24.0. The first-order valence-electron chi connectivity index (χ1n) is 10.1. The van der Waals surface area contributed by atoms with E-state index < -0.39 is 5.54 Å². The third kappa shape index (κ3) is 4.06. The smallest absolute Gasteiger partial charge is 0.271 e. The standard InChI is InChI=1S/C21H25N9O.CH4/c1-13(2)26-20(31)18-8-24-19(9-23-18)29-11-21(12-29,5-6-22)30-10-17(15(4)28-30)16-7-25-27-14(16)3;/h7-10,13H,5,11-12H2,1-4H3,(H,25,27)(H,26,31);1H4. The van der Waals surface area contributed by atoms with Crippen molar-refractivity contribution in [3.63, 3.8) is 0 Å². The molecule has 4 heterocycles. The van der Waals surface area contributed by atoms with E-state index in [1.54, 1.807) is 12.4 Å². The van der Waals surface area contributed by atoms with Crippen molar-refractivity contribution in [1.29, 1.82) is 5.26 Å². The van der Waals surface area contributed by atoms with Crippen molar-refractivity contribution >= 4 is 11.7 Å². The van der Waals surface area contributed by atoms with Crippen molar-refractivity contribution in [2.75, 3.05) is 18.0 Å². The van der Waals surface area contributed by atoms with Crippen LogP contribution in [0.4, 0.5) is 5.82 Å². The van der Waals surface area contributed by atoms with Crippen molar-refractivity contribution < 1.29 is 4.79 Å². The Hall–Kier alpha value is -3.74. The van der Waals surface area contributed by atoms with Gasteiger partial charge in [0.2, 0.25) is 0 Å². The fourth-order valence-corrected chi connectivity index (χ4v) is 3.84. The number of carbonyl (C=O) groups is 1. The van der Waals surface area contributed by atoms with Crippen LogP contribution >= 0.6 is 0 Å². The fraction of sp³-hybridized carbons (Fsp3) is 0.455. The molecule has 32 heavy (non-hydrogen) atoms. The summed E-state index contributed by atoms with van der Waals surface area (Å²) in [6.45, 7) is 8.88. The van der Waals surface area contributed by atoms with Gasteiger partial charge >= 0.3 is 0 Å². The zero-order valence-electron chi connectivity index (χ0n) is 18.0. The molecule has 10 nitrogen and oxygen atoms in total. The van der Waals surface area contributed by atoms with E-state index in [1.807, 2.05) is 43.5 Å². The molecule has 3 aromatic heterocycles. The van der Waals surface area contributed by atoms with Crippen LogP contribution in [0, 0.1) is 25.2 Å². The van der Waals surface area contributed by atoms with Gasteiger partial charge in [-0.05, 0) is 27.7 Å². The summed E-state index contributed by atoms with van der Waals surface area (Å²) in [4.78, 5) is 22.8. The normalized spacial score (nSPS) is 14.4. The molecule has 168 valence electrons. The minimum atomic E-state index is -0.440. The minimum absolute atomic E-state index is 0. The number of hydrogen-bond donors (Lipinski definition) is 2. The van der Waals surface area contributed by atoms with Crippen LogP contribution in [0.1, 0.15) is 49.6 Å². The molecule has 0 aromatic carbocycles. The molecule has 1 aliphatic heterocycles. The summed E-state index contributed by atoms with van der Waals surface area (Å²) in [6, 6.07) is 2.33. The zero-order valence-corrected chi connectivity index (χ0v) is 18.0. The molecule has 1 saturated heterocycles. The number of nitriles is 1. The van der Waals surface area contributed by atoms with E-state index in [1.165, 1.54) is 6.20 Å². The van der Waals surface area contributed by atoms with Gasteiger partial charge in [0.15, 0.2) is 0 Å². The second-order valence-corrected chi connectivity index (χ2v) is 8.28. The molecular formula is C22H29N9O. The molecule has 0 aliphatic carbocycles. The van der Waals surface area contributed by atoms with Gasteiger partial charge in [0.1, 0.15) is 17.1 Å². The lowest BCUT2D eigenvalue weighted by molar-refractivity contribution is 0.0937. The highest BCUT2D eigenvalue weighted by Gasteiger charge is 2.46. The Morgan fingerprint density at radius 3 is 2.56 bits per heavy atom. The second kappa shape index (κ2) is 8.78. The summed E-state index contributed by atoms with van der Waals surface area (Å²) < 4.78 is 1.90. The molecule has 2 N–H and O–H groups in total. The summed E-state index contributed by atoms with van der Waals surface area (Å²) in [5.41, 5.74) is 3.72. The van der Waals surface area contributed by atoms with Crippen LogP contribution in [-0.2, 0) is 5.54 Å². The molecule has 0 radical (unpaired) electrons. The summed E-state index contributed by atoms with van der Waals surface area (Å²) in [7, 11) is 0. The number of amides is 1. The van der Waals surface area contributed by atoms with Gasteiger partial charge in [-0.15, -0.1) is 0 Å². The average Bonchev–Trinajstić information content (AvgIpc) is 3.29. The van der Waals surface area contributed by atoms with Gasteiger partial charge < -0.3 is 10.2 Å². The topological polar surface area (TPSA) is 128 Å². The molecule has 0 spiro atoms. The van der Waals surface area contributed by atoms with E-state index in [2.05, 4.69) is 31.6 Å². The number of carbonyl (C=O) groups excluding carboxylic acids is 1. The van der Waals surface area contributed by atoms with E-state index in [9.17, 15) is 10.1 Å². The monoisotopic (exact) mass is 435 g/mol. The predicted molar refractivity (Wildman–Crippen MR) is 121 cm³/mol. The SMILES string of the molecule is C.Cc1nn(C2(CC#N)CN(c3cnc(C(=O)NC(C)C)cn3)C2)cc1-c1cn[nH]c1C. The fourth-order valence-electron chi connectivity index (χ4n) is 3.84. The van der Waals surface area contributed by atoms with Crippen LogP contribution in [0.5, 0.6) is 0 Å². The third-order valence-corrected chi connectivity index (χ3v) is 5.50. The number of aromatic nitrogens is 6. The van der Waals surface area contributed by atoms with E-state index in [-0.39, 0.29) is 25.1 Å². The maximum atomic E-state index is 12.1. The molecule has 1 amide bonds. The third-order valence-electron chi connectivity index (χ3n) is 5.50. The first-order valence-corrected chi connectivity index (χ1v) is 10.1. The van der Waals surface area contributed by atoms with Crippen molar-refractivity contribution in [2.45, 2.75) is 53.1 Å². The van der Waals surface area contributed by atoms with Crippen LogP contribution in [0.2, 0.25) is 0 Å². The second-order valence-electron chi connectivity index (χ2n) is 8.28. The van der Waals surface area contributed by atoms with Crippen LogP contribution in [0.3, 0.4) is 0 Å². The molecule has 1 aliphatic rings. The molecular weight excluding hydrogens is 406 g/mol. The van der Waals surface area contributed by atoms with E-state index in [0.717, 1.165) is 22.5 Å². The number of hydrogen-bond acceptors (Lipinski definition) is 7. The molecule has 3 aromatic rings. The number of nitrogens with zero attached hydrogens (tertiary/aromatic N) is 7. The number of nitrogens with one attached hydrogen (secondary N) is 2. The van der Waals surface area contributed by atoms with Crippen LogP contribution < -0.4 is 10.2 Å². The van der Waals surface area contributed by atoms with Gasteiger partial charge in [-0.25, -0.2) is 9.97 Å². The van der Waals surface area contributed by atoms with Gasteiger partial charge in [0.05, 0.1) is 36.8 Å². The summed E-state index contributed by atoms with van der Waals surface area (Å²) in [5.74, 6) is 0.426. The van der Waals surface area contributed by atoms with Crippen LogP contribution in [0.25, 0.3) is 11.1 Å². The summed E-state index contributed by atoms with van der Waals surface area (Å²) >= 11 is 0. The van der Waals surface area contributed by atoms with Crippen LogP contribution in [0.15, 0.2) is 24.8 Å². The molecule has 10 heteroatoms. The Labute approximate surface area is 187 Å². The summed E-state index contributed by atoms with van der Waals surface area (Å²) in [6.07, 6.45) is 7.19. The van der Waals surface area contributed by atoms with Gasteiger partial charge in [0, 0.05) is 42.1 Å². The minimum Gasteiger partial charge on any atom is -0.350 e. The number of H-pyrrole nitrogens is 1. The van der Waals surface area contributed by atoms with Crippen molar-refractivity contribution in [3.8, 4) is 17.2 Å². The number of aromatic amines is 1. The Bertz CT molecular complexity index is 1130. The number of rotatable bonds is 6.